The molecule has 1 aromatic carbocycles. The summed E-state index contributed by atoms with van der Waals surface area (Å²) in [5.74, 6) is 0.418. The Morgan fingerprint density at radius 2 is 2.22 bits per heavy atom. The zero-order chi connectivity index (χ0) is 18.8. The molecule has 27 heavy (non-hydrogen) atoms. The van der Waals surface area contributed by atoms with Crippen molar-refractivity contribution in [3.05, 3.63) is 59.5 Å². The molecule has 8 nitrogen and oxygen atoms in total. The van der Waals surface area contributed by atoms with Crippen LogP contribution in [0, 0.1) is 11.3 Å². The fourth-order valence-corrected chi connectivity index (χ4v) is 3.32. The van der Waals surface area contributed by atoms with E-state index < -0.39 is 0 Å². The van der Waals surface area contributed by atoms with Crippen molar-refractivity contribution < 1.29 is 4.79 Å². The number of amides is 2. The average Bonchev–Trinajstić information content (AvgIpc) is 3.42. The van der Waals surface area contributed by atoms with Gasteiger partial charge in [0, 0.05) is 42.8 Å². The molecule has 1 saturated heterocycles. The summed E-state index contributed by atoms with van der Waals surface area (Å²) in [5, 5.41) is 21.1. The van der Waals surface area contributed by atoms with Crippen LogP contribution in [0.3, 0.4) is 0 Å². The molecule has 2 aromatic heterocycles. The number of benzene rings is 1. The van der Waals surface area contributed by atoms with Crippen LogP contribution in [0.15, 0.2) is 48.9 Å². The molecule has 3 heterocycles. The van der Waals surface area contributed by atoms with Gasteiger partial charge in [-0.25, -0.2) is 9.48 Å². The van der Waals surface area contributed by atoms with Gasteiger partial charge >= 0.3 is 6.03 Å². The molecule has 1 atom stereocenters. The van der Waals surface area contributed by atoms with Gasteiger partial charge < -0.3 is 4.90 Å². The molecule has 9 heteroatoms. The van der Waals surface area contributed by atoms with Crippen LogP contribution in [-0.4, -0.2) is 43.6 Å². The van der Waals surface area contributed by atoms with Gasteiger partial charge in [0.25, 0.3) is 0 Å². The molecule has 0 aliphatic carbocycles. The van der Waals surface area contributed by atoms with E-state index in [1.165, 1.54) is 0 Å². The van der Waals surface area contributed by atoms with Gasteiger partial charge in [-0.2, -0.15) is 10.4 Å². The van der Waals surface area contributed by atoms with Crippen molar-refractivity contribution in [2.75, 3.05) is 18.4 Å². The molecule has 136 valence electrons. The molecule has 0 saturated carbocycles. The first kappa shape index (κ1) is 17.1. The molecular weight excluding hydrogens is 366 g/mol. The van der Waals surface area contributed by atoms with Crippen LogP contribution in [-0.2, 0) is 0 Å². The van der Waals surface area contributed by atoms with Crippen LogP contribution < -0.4 is 5.32 Å². The highest BCUT2D eigenvalue weighted by Gasteiger charge is 2.28. The van der Waals surface area contributed by atoms with E-state index in [1.54, 1.807) is 46.2 Å². The minimum atomic E-state index is -0.202. The van der Waals surface area contributed by atoms with E-state index >= 15 is 0 Å². The number of nitrogens with one attached hydrogen (secondary N) is 1. The number of halogens is 1. The number of urea groups is 1. The molecule has 0 bridgehead atoms. The van der Waals surface area contributed by atoms with Crippen LogP contribution in [0.1, 0.15) is 18.0 Å². The number of anilines is 1. The van der Waals surface area contributed by atoms with E-state index in [0.29, 0.717) is 35.2 Å². The number of nitrogens with zero attached hydrogens (tertiary/aromatic N) is 6. The highest BCUT2D eigenvalue weighted by Crippen LogP contribution is 2.22. The number of rotatable bonds is 3. The van der Waals surface area contributed by atoms with Gasteiger partial charge in [-0.15, -0.1) is 5.10 Å². The number of hydrogen-bond donors (Lipinski definition) is 1. The third-order valence-electron chi connectivity index (χ3n) is 4.50. The normalized spacial score (nSPS) is 16.3. The minimum Gasteiger partial charge on any atom is -0.322 e. The largest absolute Gasteiger partial charge is 0.323 e. The van der Waals surface area contributed by atoms with Gasteiger partial charge in [-0.05, 0) is 30.7 Å². The van der Waals surface area contributed by atoms with Crippen molar-refractivity contribution >= 4 is 23.4 Å². The third kappa shape index (κ3) is 3.50. The van der Waals surface area contributed by atoms with Crippen LogP contribution in [0.4, 0.5) is 10.6 Å². The highest BCUT2D eigenvalue weighted by atomic mass is 35.5. The summed E-state index contributed by atoms with van der Waals surface area (Å²) in [4.78, 5) is 14.3. The number of carbonyl (C=O) groups is 1. The molecule has 1 unspecified atom stereocenters. The topological polar surface area (TPSA) is 91.8 Å². The zero-order valence-corrected chi connectivity index (χ0v) is 15.0. The first-order valence-electron chi connectivity index (χ1n) is 8.45. The standard InChI is InChI=1S/C18H16ClN7O/c19-14-2-3-16(13(10-14)11-20)26-9-5-17(23-26)22-18(27)24-8-4-15(12-24)25-7-1-6-21-25/h1-3,5-7,9-10,15H,4,8,12H2,(H,22,23,27). The molecule has 0 radical (unpaired) electrons. The Kier molecular flexibility index (Phi) is 4.52. The third-order valence-corrected chi connectivity index (χ3v) is 4.73. The van der Waals surface area contributed by atoms with Gasteiger partial charge in [0.1, 0.15) is 6.07 Å². The summed E-state index contributed by atoms with van der Waals surface area (Å²) in [5.41, 5.74) is 1.01. The molecule has 1 fully saturated rings. The Labute approximate surface area is 160 Å². The highest BCUT2D eigenvalue weighted by molar-refractivity contribution is 6.30. The number of nitriles is 1. The Morgan fingerprint density at radius 1 is 1.33 bits per heavy atom. The van der Waals surface area contributed by atoms with Crippen molar-refractivity contribution in [2.45, 2.75) is 12.5 Å². The number of hydrogen-bond acceptors (Lipinski definition) is 4. The SMILES string of the molecule is N#Cc1cc(Cl)ccc1-n1ccc(NC(=O)N2CCC(n3cccn3)C2)n1. The summed E-state index contributed by atoms with van der Waals surface area (Å²) >= 11 is 5.93. The Morgan fingerprint density at radius 3 is 3.00 bits per heavy atom. The Bertz CT molecular complexity index is 1010. The lowest BCUT2D eigenvalue weighted by atomic mass is 10.2. The maximum atomic E-state index is 12.5. The second kappa shape index (κ2) is 7.13. The maximum absolute atomic E-state index is 12.5. The quantitative estimate of drug-likeness (QED) is 0.754. The van der Waals surface area contributed by atoms with Gasteiger partial charge in [0.15, 0.2) is 5.82 Å². The van der Waals surface area contributed by atoms with Gasteiger partial charge in [-0.3, -0.25) is 10.00 Å². The summed E-state index contributed by atoms with van der Waals surface area (Å²) in [6, 6.07) is 10.6. The second-order valence-corrected chi connectivity index (χ2v) is 6.66. The summed E-state index contributed by atoms with van der Waals surface area (Å²) in [7, 11) is 0. The minimum absolute atomic E-state index is 0.190. The summed E-state index contributed by atoms with van der Waals surface area (Å²) in [6.07, 6.45) is 6.20. The molecule has 1 N–H and O–H groups in total. The van der Waals surface area contributed by atoms with Gasteiger partial charge in [0.2, 0.25) is 0 Å². The molecular formula is C18H16ClN7O. The smallest absolute Gasteiger partial charge is 0.322 e. The van der Waals surface area contributed by atoms with Crippen molar-refractivity contribution in [1.29, 1.82) is 5.26 Å². The molecule has 0 spiro atoms. The number of aromatic nitrogens is 4. The van der Waals surface area contributed by atoms with E-state index in [-0.39, 0.29) is 12.1 Å². The van der Waals surface area contributed by atoms with Crippen molar-refractivity contribution in [2.24, 2.45) is 0 Å². The van der Waals surface area contributed by atoms with Crippen LogP contribution in [0.25, 0.3) is 5.69 Å². The van der Waals surface area contributed by atoms with E-state index in [4.69, 9.17) is 11.6 Å². The Balaban J connectivity index is 1.44. The fraction of sp³-hybridized carbons (Fsp3) is 0.222. The molecule has 1 aliphatic heterocycles. The predicted octanol–water partition coefficient (Wildman–Crippen LogP) is 3.07. The molecule has 1 aliphatic rings. The van der Waals surface area contributed by atoms with Gasteiger partial charge in [0.05, 0.1) is 17.3 Å². The van der Waals surface area contributed by atoms with E-state index in [2.05, 4.69) is 21.6 Å². The van der Waals surface area contributed by atoms with E-state index in [9.17, 15) is 10.1 Å². The van der Waals surface area contributed by atoms with Gasteiger partial charge in [-0.1, -0.05) is 11.6 Å². The lowest BCUT2D eigenvalue weighted by molar-refractivity contribution is 0.220. The first-order chi connectivity index (χ1) is 13.1. The number of carbonyl (C=O) groups excluding carboxylic acids is 1. The predicted molar refractivity (Wildman–Crippen MR) is 99.8 cm³/mol. The lowest BCUT2D eigenvalue weighted by Crippen LogP contribution is -2.33. The van der Waals surface area contributed by atoms with E-state index in [0.717, 1.165) is 6.42 Å². The molecule has 4 rings (SSSR count). The first-order valence-corrected chi connectivity index (χ1v) is 8.82. The second-order valence-electron chi connectivity index (χ2n) is 6.22. The summed E-state index contributed by atoms with van der Waals surface area (Å²) < 4.78 is 3.42. The Hall–Kier alpha value is -3.31. The fourth-order valence-electron chi connectivity index (χ4n) is 3.15. The van der Waals surface area contributed by atoms with Crippen molar-refractivity contribution in [1.82, 2.24) is 24.5 Å². The van der Waals surface area contributed by atoms with Crippen LogP contribution >= 0.6 is 11.6 Å². The lowest BCUT2D eigenvalue weighted by Gasteiger charge is -2.16. The maximum Gasteiger partial charge on any atom is 0.323 e. The summed E-state index contributed by atoms with van der Waals surface area (Å²) in [6.45, 7) is 1.26. The molecule has 2 amide bonds. The van der Waals surface area contributed by atoms with Crippen LogP contribution in [0.5, 0.6) is 0 Å². The molecule has 3 aromatic rings. The number of likely N-dealkylation sites (tertiary alicyclic amines) is 1. The monoisotopic (exact) mass is 381 g/mol. The zero-order valence-electron chi connectivity index (χ0n) is 14.3. The van der Waals surface area contributed by atoms with Crippen molar-refractivity contribution in [3.8, 4) is 11.8 Å². The average molecular weight is 382 g/mol. The van der Waals surface area contributed by atoms with Crippen molar-refractivity contribution in [3.63, 3.8) is 0 Å². The van der Waals surface area contributed by atoms with Crippen LogP contribution in [0.2, 0.25) is 5.02 Å². The van der Waals surface area contributed by atoms with E-state index in [1.807, 2.05) is 16.9 Å².